The van der Waals surface area contributed by atoms with Gasteiger partial charge in [-0.1, -0.05) is 29.7 Å². The van der Waals surface area contributed by atoms with Crippen LogP contribution in [0.25, 0.3) is 0 Å². The summed E-state index contributed by atoms with van der Waals surface area (Å²) in [5.41, 5.74) is 3.84. The lowest BCUT2D eigenvalue weighted by molar-refractivity contribution is 0.0843. The van der Waals surface area contributed by atoms with Crippen molar-refractivity contribution in [1.82, 2.24) is 27.3 Å². The number of nitrogens with zero attached hydrogens (tertiary/aromatic N) is 6. The Morgan fingerprint density at radius 2 is 1.18 bits per heavy atom. The zero-order chi connectivity index (χ0) is 26.7. The van der Waals surface area contributed by atoms with E-state index in [4.69, 9.17) is 9.47 Å². The molecule has 6 aliphatic rings. The number of rotatable bonds is 6. The van der Waals surface area contributed by atoms with Crippen molar-refractivity contribution in [3.63, 3.8) is 0 Å². The molecule has 8 nitrogen and oxygen atoms in total. The van der Waals surface area contributed by atoms with Crippen molar-refractivity contribution in [2.24, 2.45) is 11.8 Å². The third kappa shape index (κ3) is 5.59. The molecule has 6 saturated heterocycles. The molecule has 0 aliphatic carbocycles. The van der Waals surface area contributed by atoms with Crippen LogP contribution in [0.15, 0.2) is 24.3 Å². The highest BCUT2D eigenvalue weighted by atomic mass is 32.1. The third-order valence-corrected chi connectivity index (χ3v) is 9.92. The summed E-state index contributed by atoms with van der Waals surface area (Å²) in [6.07, 6.45) is 4.98. The van der Waals surface area contributed by atoms with E-state index in [0.29, 0.717) is 35.4 Å². The van der Waals surface area contributed by atoms with E-state index in [1.165, 1.54) is 75.3 Å². The van der Waals surface area contributed by atoms with Gasteiger partial charge in [0.2, 0.25) is 11.8 Å². The summed E-state index contributed by atoms with van der Waals surface area (Å²) < 4.78 is 29.9. The van der Waals surface area contributed by atoms with Crippen LogP contribution < -0.4 is 9.47 Å². The molecule has 3 aromatic rings. The monoisotopic (exact) mass is 572 g/mol. The van der Waals surface area contributed by atoms with Gasteiger partial charge in [-0.3, -0.25) is 0 Å². The number of fused-ring (bicyclic) bond motifs is 6. The van der Waals surface area contributed by atoms with Crippen molar-refractivity contribution >= 4 is 23.5 Å². The minimum atomic E-state index is 0.285. The maximum atomic E-state index is 5.96. The molecular weight excluding hydrogens is 541 g/mol. The Kier molecular flexibility index (Phi) is 7.67. The fourth-order valence-corrected chi connectivity index (χ4v) is 7.86. The Labute approximate surface area is 243 Å². The second kappa shape index (κ2) is 11.8. The predicted molar refractivity (Wildman–Crippen MR) is 155 cm³/mol. The minimum Gasteiger partial charge on any atom is -0.463 e. The van der Waals surface area contributed by atoms with E-state index in [-0.39, 0.29) is 13.2 Å². The third-order valence-electron chi connectivity index (χ3n) is 8.87. The summed E-state index contributed by atoms with van der Waals surface area (Å²) in [6.45, 7) is 7.54. The zero-order valence-corrected chi connectivity index (χ0v) is 24.1. The Bertz CT molecular complexity index is 1340. The summed E-state index contributed by atoms with van der Waals surface area (Å²) in [5, 5.41) is 0. The van der Waals surface area contributed by atoms with Crippen LogP contribution in [0.5, 0.6) is 11.8 Å². The maximum absolute atomic E-state index is 5.96. The minimum absolute atomic E-state index is 0.285. The van der Waals surface area contributed by atoms with Crippen LogP contribution in [0.3, 0.4) is 0 Å². The van der Waals surface area contributed by atoms with Crippen molar-refractivity contribution in [3.8, 4) is 35.4 Å². The van der Waals surface area contributed by atoms with E-state index in [2.05, 4.69) is 51.0 Å². The van der Waals surface area contributed by atoms with Crippen LogP contribution in [0.2, 0.25) is 0 Å². The fraction of sp³-hybridized carbons (Fsp3) is 0.533. The molecule has 2 atom stereocenters. The van der Waals surface area contributed by atoms with Gasteiger partial charge in [0.05, 0.1) is 23.5 Å². The molecule has 0 unspecified atom stereocenters. The Morgan fingerprint density at radius 1 is 0.700 bits per heavy atom. The second-order valence-corrected chi connectivity index (χ2v) is 12.2. The highest BCUT2D eigenvalue weighted by molar-refractivity contribution is 6.99. The lowest BCUT2D eigenvalue weighted by Gasteiger charge is -2.44. The van der Waals surface area contributed by atoms with E-state index in [0.717, 1.165) is 35.6 Å². The van der Waals surface area contributed by atoms with Gasteiger partial charge in [0, 0.05) is 36.1 Å². The standard InChI is InChI=1S/C30H32N6O2S2/c1-4-21(6-2-16-37-29-27(31-39-33-29)25-19-35-12-8-23(25)9-13-35)18-22(5-1)7-3-17-38-30-28(32-40-34-30)26-20-36-14-10-24(26)11-15-36/h1,4-5,18,23-26H,8-17,19-20H2/t25-,26-/m1/s1. The molecule has 0 N–H and O–H groups in total. The molecule has 0 spiro atoms. The van der Waals surface area contributed by atoms with Crippen molar-refractivity contribution in [2.45, 2.75) is 37.5 Å². The first kappa shape index (κ1) is 25.9. The van der Waals surface area contributed by atoms with Gasteiger partial charge < -0.3 is 19.3 Å². The van der Waals surface area contributed by atoms with Gasteiger partial charge in [0.15, 0.2) is 13.2 Å². The Balaban J connectivity index is 0.926. The summed E-state index contributed by atoms with van der Waals surface area (Å²) in [5.74, 6) is 16.2. The smallest absolute Gasteiger partial charge is 0.250 e. The van der Waals surface area contributed by atoms with Crippen LogP contribution in [-0.2, 0) is 0 Å². The van der Waals surface area contributed by atoms with Crippen molar-refractivity contribution in [3.05, 3.63) is 46.8 Å². The molecule has 4 bridgehead atoms. The summed E-state index contributed by atoms with van der Waals surface area (Å²) in [6, 6.07) is 7.94. The van der Waals surface area contributed by atoms with E-state index >= 15 is 0 Å². The highest BCUT2D eigenvalue weighted by Gasteiger charge is 2.39. The number of aromatic nitrogens is 4. The van der Waals surface area contributed by atoms with Gasteiger partial charge in [0.1, 0.15) is 11.4 Å². The molecule has 6 aliphatic heterocycles. The van der Waals surface area contributed by atoms with Crippen LogP contribution in [0, 0.1) is 35.5 Å². The average Bonchev–Trinajstić information content (AvgIpc) is 3.69. The largest absolute Gasteiger partial charge is 0.463 e. The van der Waals surface area contributed by atoms with Gasteiger partial charge in [-0.25, -0.2) is 0 Å². The van der Waals surface area contributed by atoms with E-state index in [9.17, 15) is 0 Å². The van der Waals surface area contributed by atoms with Gasteiger partial charge in [-0.2, -0.15) is 8.75 Å². The number of ether oxygens (including phenoxy) is 2. The second-order valence-electron chi connectivity index (χ2n) is 11.2. The molecule has 2 aromatic heterocycles. The lowest BCUT2D eigenvalue weighted by atomic mass is 9.77. The molecule has 9 rings (SSSR count). The number of benzene rings is 1. The number of hydrogen-bond donors (Lipinski definition) is 0. The van der Waals surface area contributed by atoms with Gasteiger partial charge in [-0.05, 0) is 81.9 Å². The predicted octanol–water partition coefficient (Wildman–Crippen LogP) is 3.87. The first-order chi connectivity index (χ1) is 19.8. The molecule has 8 heterocycles. The molecule has 40 heavy (non-hydrogen) atoms. The molecular formula is C30H32N6O2S2. The van der Waals surface area contributed by atoms with E-state index < -0.39 is 0 Å². The maximum Gasteiger partial charge on any atom is 0.250 e. The lowest BCUT2D eigenvalue weighted by Crippen LogP contribution is -2.46. The normalized spacial score (nSPS) is 28.3. The van der Waals surface area contributed by atoms with Crippen LogP contribution in [-0.4, -0.2) is 79.8 Å². The van der Waals surface area contributed by atoms with Crippen LogP contribution in [0.4, 0.5) is 0 Å². The SMILES string of the molecule is C(#Cc1cccc(C#CCOc2nsnc2[C@@H]2CN3CCC2CC3)c1)COc1nsnc1[C@@H]1CN2CCC1CC2. The zero-order valence-electron chi connectivity index (χ0n) is 22.4. The van der Waals surface area contributed by atoms with Crippen LogP contribution >= 0.6 is 23.5 Å². The molecule has 0 amide bonds. The summed E-state index contributed by atoms with van der Waals surface area (Å²) in [7, 11) is 0. The first-order valence-corrected chi connectivity index (χ1v) is 15.7. The van der Waals surface area contributed by atoms with Crippen molar-refractivity contribution in [2.75, 3.05) is 52.5 Å². The first-order valence-electron chi connectivity index (χ1n) is 14.2. The summed E-state index contributed by atoms with van der Waals surface area (Å²) >= 11 is 2.47. The van der Waals surface area contributed by atoms with Crippen LogP contribution in [0.1, 0.15) is 60.0 Å². The summed E-state index contributed by atoms with van der Waals surface area (Å²) in [4.78, 5) is 5.06. The highest BCUT2D eigenvalue weighted by Crippen LogP contribution is 2.42. The number of hydrogen-bond acceptors (Lipinski definition) is 10. The number of piperidine rings is 6. The Hall–Kier alpha value is -3.02. The van der Waals surface area contributed by atoms with E-state index in [1.807, 2.05) is 24.3 Å². The van der Waals surface area contributed by atoms with E-state index in [1.54, 1.807) is 0 Å². The molecule has 206 valence electrons. The average molecular weight is 573 g/mol. The van der Waals surface area contributed by atoms with Gasteiger partial charge >= 0.3 is 0 Å². The molecule has 1 aromatic carbocycles. The molecule has 6 fully saturated rings. The van der Waals surface area contributed by atoms with Crippen molar-refractivity contribution in [1.29, 1.82) is 0 Å². The molecule has 0 saturated carbocycles. The molecule has 10 heteroatoms. The topological polar surface area (TPSA) is 76.5 Å². The quantitative estimate of drug-likeness (QED) is 0.412. The Morgan fingerprint density at radius 3 is 1.60 bits per heavy atom. The fourth-order valence-electron chi connectivity index (χ4n) is 6.74. The van der Waals surface area contributed by atoms with Crippen molar-refractivity contribution < 1.29 is 9.47 Å². The van der Waals surface area contributed by atoms with Gasteiger partial charge in [-0.15, -0.1) is 8.75 Å². The van der Waals surface area contributed by atoms with Gasteiger partial charge in [0.25, 0.3) is 0 Å². The molecule has 0 radical (unpaired) electrons.